The minimum absolute atomic E-state index is 0.147. The average Bonchev–Trinajstić information content (AvgIpc) is 2.50. The highest BCUT2D eigenvalue weighted by molar-refractivity contribution is 6.31. The molecule has 0 aromatic heterocycles. The van der Waals surface area contributed by atoms with E-state index in [-0.39, 0.29) is 11.8 Å². The number of benzene rings is 2. The van der Waals surface area contributed by atoms with Crippen molar-refractivity contribution in [3.8, 4) is 11.8 Å². The van der Waals surface area contributed by atoms with E-state index in [1.165, 1.54) is 5.56 Å². The second kappa shape index (κ2) is 5.67. The van der Waals surface area contributed by atoms with Crippen LogP contribution < -0.4 is 5.32 Å². The van der Waals surface area contributed by atoms with Crippen LogP contribution in [-0.2, 0) is 6.42 Å². The van der Waals surface area contributed by atoms with Gasteiger partial charge in [-0.2, -0.15) is 5.26 Å². The van der Waals surface area contributed by atoms with Gasteiger partial charge in [-0.1, -0.05) is 17.7 Å². The van der Waals surface area contributed by atoms with Crippen LogP contribution in [0.5, 0.6) is 5.75 Å². The fourth-order valence-corrected chi connectivity index (χ4v) is 3.00. The summed E-state index contributed by atoms with van der Waals surface area (Å²) in [6, 6.07) is 13.2. The number of aryl methyl sites for hydroxylation is 1. The molecule has 1 unspecified atom stereocenters. The number of nitrogens with zero attached hydrogens (tertiary/aromatic N) is 1. The Hall–Kier alpha value is -2.18. The van der Waals surface area contributed by atoms with E-state index < -0.39 is 0 Å². The van der Waals surface area contributed by atoms with Crippen LogP contribution in [-0.4, -0.2) is 5.11 Å². The number of halogens is 1. The summed E-state index contributed by atoms with van der Waals surface area (Å²) in [6.45, 7) is 0. The second-order valence-electron chi connectivity index (χ2n) is 5.28. The number of fused-ring (bicyclic) bond motifs is 1. The second-order valence-corrected chi connectivity index (χ2v) is 5.69. The van der Waals surface area contributed by atoms with Gasteiger partial charge in [-0.25, -0.2) is 0 Å². The zero-order chi connectivity index (χ0) is 14.8. The zero-order valence-corrected chi connectivity index (χ0v) is 12.2. The summed E-state index contributed by atoms with van der Waals surface area (Å²) in [5, 5.41) is 22.7. The fourth-order valence-electron chi connectivity index (χ4n) is 2.84. The van der Waals surface area contributed by atoms with Crippen LogP contribution in [0, 0.1) is 11.3 Å². The number of rotatable bonds is 2. The number of anilines is 1. The minimum Gasteiger partial charge on any atom is -0.508 e. The van der Waals surface area contributed by atoms with E-state index in [4.69, 9.17) is 16.9 Å². The lowest BCUT2D eigenvalue weighted by Crippen LogP contribution is -2.17. The van der Waals surface area contributed by atoms with Crippen LogP contribution in [0.2, 0.25) is 5.02 Å². The lowest BCUT2D eigenvalue weighted by molar-refractivity contribution is 0.471. The molecular formula is C17H15ClN2O. The molecule has 2 aromatic carbocycles. The maximum atomic E-state index is 9.70. The third-order valence-electron chi connectivity index (χ3n) is 3.87. The molecule has 0 saturated carbocycles. The molecule has 2 N–H and O–H groups in total. The number of hydrogen-bond acceptors (Lipinski definition) is 3. The molecule has 1 atom stereocenters. The minimum atomic E-state index is 0.147. The van der Waals surface area contributed by atoms with Crippen molar-refractivity contribution in [3.63, 3.8) is 0 Å². The number of nitriles is 1. The van der Waals surface area contributed by atoms with Gasteiger partial charge in [0.1, 0.15) is 11.8 Å². The fraction of sp³-hybridized carbons (Fsp3) is 0.235. The maximum Gasteiger partial charge on any atom is 0.115 e. The summed E-state index contributed by atoms with van der Waals surface area (Å²) in [4.78, 5) is 0. The summed E-state index contributed by atoms with van der Waals surface area (Å²) in [7, 11) is 0. The van der Waals surface area contributed by atoms with Gasteiger partial charge in [-0.15, -0.1) is 0 Å². The molecular weight excluding hydrogens is 284 g/mol. The van der Waals surface area contributed by atoms with Crippen molar-refractivity contribution in [3.05, 3.63) is 58.1 Å². The van der Waals surface area contributed by atoms with Gasteiger partial charge < -0.3 is 10.4 Å². The largest absolute Gasteiger partial charge is 0.508 e. The van der Waals surface area contributed by atoms with Gasteiger partial charge >= 0.3 is 0 Å². The molecule has 1 aliphatic rings. The Kier molecular flexibility index (Phi) is 3.72. The van der Waals surface area contributed by atoms with Gasteiger partial charge in [0, 0.05) is 5.69 Å². The van der Waals surface area contributed by atoms with Gasteiger partial charge in [0.2, 0.25) is 0 Å². The first-order valence-electron chi connectivity index (χ1n) is 6.95. The van der Waals surface area contributed by atoms with Crippen LogP contribution in [0.25, 0.3) is 0 Å². The summed E-state index contributed by atoms with van der Waals surface area (Å²) in [5.74, 6) is 0.288. The normalized spacial score (nSPS) is 16.9. The van der Waals surface area contributed by atoms with Crippen molar-refractivity contribution in [2.24, 2.45) is 0 Å². The standard InChI is InChI=1S/C17H15ClN2O/c18-16-7-5-13(8-12(16)10-19)20-17-3-1-2-11-4-6-14(21)9-15(11)17/h4-9,17,20-21H,1-3H2. The Morgan fingerprint density at radius 1 is 1.24 bits per heavy atom. The predicted molar refractivity (Wildman–Crippen MR) is 83.6 cm³/mol. The van der Waals surface area contributed by atoms with Crippen LogP contribution in [0.3, 0.4) is 0 Å². The van der Waals surface area contributed by atoms with Gasteiger partial charge in [-0.05, 0) is 60.7 Å². The number of hydrogen-bond donors (Lipinski definition) is 2. The van der Waals surface area contributed by atoms with Crippen LogP contribution >= 0.6 is 11.6 Å². The Morgan fingerprint density at radius 3 is 2.90 bits per heavy atom. The highest BCUT2D eigenvalue weighted by Gasteiger charge is 2.20. The van der Waals surface area contributed by atoms with Crippen molar-refractivity contribution < 1.29 is 5.11 Å². The molecule has 2 aromatic rings. The van der Waals surface area contributed by atoms with Crippen molar-refractivity contribution in [2.45, 2.75) is 25.3 Å². The Labute approximate surface area is 128 Å². The van der Waals surface area contributed by atoms with E-state index in [0.717, 1.165) is 30.5 Å². The molecule has 0 heterocycles. The SMILES string of the molecule is N#Cc1cc(NC2CCCc3ccc(O)cc32)ccc1Cl. The van der Waals surface area contributed by atoms with E-state index in [2.05, 4.69) is 11.4 Å². The predicted octanol–water partition coefficient (Wildman–Crippen LogP) is 4.41. The summed E-state index contributed by atoms with van der Waals surface area (Å²) in [6.07, 6.45) is 3.15. The van der Waals surface area contributed by atoms with Crippen molar-refractivity contribution in [2.75, 3.05) is 5.32 Å². The first-order chi connectivity index (χ1) is 10.2. The average molecular weight is 299 g/mol. The van der Waals surface area contributed by atoms with Gasteiger partial charge in [0.15, 0.2) is 0 Å². The molecule has 106 valence electrons. The number of nitrogens with one attached hydrogen (secondary N) is 1. The summed E-state index contributed by atoms with van der Waals surface area (Å²) in [5.41, 5.74) is 3.74. The first-order valence-corrected chi connectivity index (χ1v) is 7.33. The van der Waals surface area contributed by atoms with E-state index in [0.29, 0.717) is 10.6 Å². The zero-order valence-electron chi connectivity index (χ0n) is 11.4. The smallest absolute Gasteiger partial charge is 0.115 e. The van der Waals surface area contributed by atoms with E-state index in [1.54, 1.807) is 18.2 Å². The molecule has 0 radical (unpaired) electrons. The third-order valence-corrected chi connectivity index (χ3v) is 4.20. The molecule has 0 spiro atoms. The van der Waals surface area contributed by atoms with Crippen molar-refractivity contribution >= 4 is 17.3 Å². The molecule has 4 heteroatoms. The monoisotopic (exact) mass is 298 g/mol. The van der Waals surface area contributed by atoms with Gasteiger partial charge in [0.05, 0.1) is 16.6 Å². The number of phenols is 1. The van der Waals surface area contributed by atoms with Crippen LogP contribution in [0.1, 0.15) is 35.6 Å². The maximum absolute atomic E-state index is 9.70. The van der Waals surface area contributed by atoms with Crippen molar-refractivity contribution in [1.29, 1.82) is 5.26 Å². The lowest BCUT2D eigenvalue weighted by atomic mass is 9.87. The van der Waals surface area contributed by atoms with Crippen molar-refractivity contribution in [1.82, 2.24) is 0 Å². The molecule has 0 aliphatic heterocycles. The van der Waals surface area contributed by atoms with E-state index >= 15 is 0 Å². The third kappa shape index (κ3) is 2.81. The quantitative estimate of drug-likeness (QED) is 0.863. The van der Waals surface area contributed by atoms with E-state index in [9.17, 15) is 5.11 Å². The topological polar surface area (TPSA) is 56.0 Å². The molecule has 0 amide bonds. The first kappa shape index (κ1) is 13.8. The lowest BCUT2D eigenvalue weighted by Gasteiger charge is -2.27. The Balaban J connectivity index is 1.90. The van der Waals surface area contributed by atoms with Gasteiger partial charge in [0.25, 0.3) is 0 Å². The number of phenolic OH excluding ortho intramolecular Hbond substituents is 1. The van der Waals surface area contributed by atoms with Crippen LogP contribution in [0.4, 0.5) is 5.69 Å². The van der Waals surface area contributed by atoms with E-state index in [1.807, 2.05) is 18.2 Å². The molecule has 3 nitrogen and oxygen atoms in total. The molecule has 0 bridgehead atoms. The highest BCUT2D eigenvalue weighted by Crippen LogP contribution is 2.35. The summed E-state index contributed by atoms with van der Waals surface area (Å²) < 4.78 is 0. The van der Waals surface area contributed by atoms with Gasteiger partial charge in [-0.3, -0.25) is 0 Å². The Morgan fingerprint density at radius 2 is 2.10 bits per heavy atom. The molecule has 21 heavy (non-hydrogen) atoms. The highest BCUT2D eigenvalue weighted by atomic mass is 35.5. The summed E-state index contributed by atoms with van der Waals surface area (Å²) >= 11 is 5.96. The molecule has 0 saturated heterocycles. The molecule has 3 rings (SSSR count). The molecule has 1 aliphatic carbocycles. The Bertz CT molecular complexity index is 721. The van der Waals surface area contributed by atoms with Crippen LogP contribution in [0.15, 0.2) is 36.4 Å². The number of aromatic hydroxyl groups is 1. The molecule has 0 fully saturated rings.